The van der Waals surface area contributed by atoms with Crippen LogP contribution in [0.5, 0.6) is 0 Å². The smallest absolute Gasteiger partial charge is 0.0931 e. The molecule has 2 N–H and O–H groups in total. The van der Waals surface area contributed by atoms with Gasteiger partial charge in [0.05, 0.1) is 4.34 Å². The Kier molecular flexibility index (Phi) is 3.26. The van der Waals surface area contributed by atoms with E-state index in [1.807, 2.05) is 6.07 Å². The maximum Gasteiger partial charge on any atom is 0.0931 e. The normalized spacial score (nSPS) is 22.1. The zero-order chi connectivity index (χ0) is 9.97. The molecule has 0 amide bonds. The molecule has 0 bridgehead atoms. The van der Waals surface area contributed by atoms with Crippen LogP contribution >= 0.6 is 22.9 Å². The Morgan fingerprint density at radius 3 is 2.93 bits per heavy atom. The van der Waals surface area contributed by atoms with Gasteiger partial charge in [-0.25, -0.2) is 0 Å². The maximum atomic E-state index is 5.88. The number of hydrogen-bond donors (Lipinski definition) is 1. The van der Waals surface area contributed by atoms with Crippen LogP contribution in [-0.2, 0) is 6.42 Å². The van der Waals surface area contributed by atoms with E-state index in [2.05, 4.69) is 12.1 Å². The Labute approximate surface area is 93.6 Å². The Morgan fingerprint density at radius 1 is 1.50 bits per heavy atom. The molecule has 76 valence electrons. The second-order valence-electron chi connectivity index (χ2n) is 3.78. The third-order valence-corrected chi connectivity index (χ3v) is 3.81. The van der Waals surface area contributed by atoms with Gasteiger partial charge in [0, 0.05) is 17.3 Å². The van der Waals surface area contributed by atoms with E-state index in [4.69, 9.17) is 17.3 Å². The third-order valence-electron chi connectivity index (χ3n) is 2.58. The van der Waals surface area contributed by atoms with Gasteiger partial charge in [0.2, 0.25) is 0 Å². The largest absolute Gasteiger partial charge is 0.327 e. The molecule has 1 aliphatic rings. The molecule has 0 aromatic carbocycles. The highest BCUT2D eigenvalue weighted by molar-refractivity contribution is 7.16. The van der Waals surface area contributed by atoms with E-state index in [9.17, 15) is 0 Å². The highest BCUT2D eigenvalue weighted by Crippen LogP contribution is 2.27. The molecular weight excluding hydrogens is 214 g/mol. The minimum Gasteiger partial charge on any atom is -0.327 e. The SMILES string of the molecule is NC1CC=C(Cc2ccc(Cl)s2)CC1. The van der Waals surface area contributed by atoms with Gasteiger partial charge < -0.3 is 5.73 Å². The fourth-order valence-corrected chi connectivity index (χ4v) is 2.88. The lowest BCUT2D eigenvalue weighted by Gasteiger charge is -2.17. The topological polar surface area (TPSA) is 26.0 Å². The molecule has 1 heterocycles. The summed E-state index contributed by atoms with van der Waals surface area (Å²) in [5, 5.41) is 0. The highest BCUT2D eigenvalue weighted by atomic mass is 35.5. The fraction of sp³-hybridized carbons (Fsp3) is 0.455. The molecule has 0 spiro atoms. The van der Waals surface area contributed by atoms with Gasteiger partial charge in [-0.2, -0.15) is 0 Å². The second kappa shape index (κ2) is 4.47. The van der Waals surface area contributed by atoms with Crippen LogP contribution in [0.2, 0.25) is 4.34 Å². The van der Waals surface area contributed by atoms with Crippen LogP contribution in [0, 0.1) is 0 Å². The summed E-state index contributed by atoms with van der Waals surface area (Å²) >= 11 is 7.56. The fourth-order valence-electron chi connectivity index (χ4n) is 1.74. The molecule has 1 atom stereocenters. The first-order valence-corrected chi connectivity index (χ1v) is 6.11. The van der Waals surface area contributed by atoms with Crippen molar-refractivity contribution in [3.63, 3.8) is 0 Å². The van der Waals surface area contributed by atoms with E-state index in [0.29, 0.717) is 6.04 Å². The lowest BCUT2D eigenvalue weighted by Crippen LogP contribution is -2.21. The molecule has 14 heavy (non-hydrogen) atoms. The minimum absolute atomic E-state index is 0.380. The number of allylic oxidation sites excluding steroid dienone is 1. The third kappa shape index (κ3) is 2.59. The van der Waals surface area contributed by atoms with Gasteiger partial charge in [-0.05, 0) is 31.4 Å². The molecule has 0 aliphatic heterocycles. The summed E-state index contributed by atoms with van der Waals surface area (Å²) in [5.41, 5.74) is 7.35. The number of halogens is 1. The Bertz CT molecular complexity index is 343. The summed E-state index contributed by atoms with van der Waals surface area (Å²) in [7, 11) is 0. The Balaban J connectivity index is 1.98. The van der Waals surface area contributed by atoms with Crippen LogP contribution in [0.1, 0.15) is 24.1 Å². The zero-order valence-electron chi connectivity index (χ0n) is 8.00. The predicted octanol–water partition coefficient (Wildman–Crippen LogP) is 3.38. The van der Waals surface area contributed by atoms with Gasteiger partial charge in [0.15, 0.2) is 0 Å². The van der Waals surface area contributed by atoms with Crippen LogP contribution in [0.25, 0.3) is 0 Å². The van der Waals surface area contributed by atoms with Crippen molar-refractivity contribution in [1.82, 2.24) is 0 Å². The number of hydrogen-bond acceptors (Lipinski definition) is 2. The lowest BCUT2D eigenvalue weighted by molar-refractivity contribution is 0.584. The Hall–Kier alpha value is -0.310. The zero-order valence-corrected chi connectivity index (χ0v) is 9.57. The first-order chi connectivity index (χ1) is 6.74. The average molecular weight is 228 g/mol. The van der Waals surface area contributed by atoms with Crippen molar-refractivity contribution in [2.24, 2.45) is 5.73 Å². The highest BCUT2D eigenvalue weighted by Gasteiger charge is 2.11. The van der Waals surface area contributed by atoms with Crippen molar-refractivity contribution in [3.8, 4) is 0 Å². The van der Waals surface area contributed by atoms with Crippen LogP contribution < -0.4 is 5.73 Å². The number of rotatable bonds is 2. The van der Waals surface area contributed by atoms with E-state index in [1.54, 1.807) is 11.3 Å². The first kappa shape index (κ1) is 10.2. The molecule has 3 heteroatoms. The van der Waals surface area contributed by atoms with Crippen molar-refractivity contribution in [2.75, 3.05) is 0 Å². The minimum atomic E-state index is 0.380. The quantitative estimate of drug-likeness (QED) is 0.771. The van der Waals surface area contributed by atoms with Crippen LogP contribution in [0.4, 0.5) is 0 Å². The molecule has 1 unspecified atom stereocenters. The monoisotopic (exact) mass is 227 g/mol. The van der Waals surface area contributed by atoms with E-state index in [0.717, 1.165) is 30.0 Å². The van der Waals surface area contributed by atoms with Gasteiger partial charge in [0.25, 0.3) is 0 Å². The Morgan fingerprint density at radius 2 is 2.36 bits per heavy atom. The maximum absolute atomic E-state index is 5.88. The summed E-state index contributed by atoms with van der Waals surface area (Å²) in [4.78, 5) is 1.36. The molecular formula is C11H14ClNS. The van der Waals surface area contributed by atoms with Crippen molar-refractivity contribution in [3.05, 3.63) is 33.0 Å². The predicted molar refractivity (Wildman–Crippen MR) is 62.9 cm³/mol. The second-order valence-corrected chi connectivity index (χ2v) is 5.58. The molecule has 1 aromatic heterocycles. The van der Waals surface area contributed by atoms with Crippen molar-refractivity contribution >= 4 is 22.9 Å². The van der Waals surface area contributed by atoms with Crippen LogP contribution in [0.15, 0.2) is 23.8 Å². The van der Waals surface area contributed by atoms with Crippen LogP contribution in [0.3, 0.4) is 0 Å². The van der Waals surface area contributed by atoms with Gasteiger partial charge in [0.1, 0.15) is 0 Å². The lowest BCUT2D eigenvalue weighted by atomic mass is 9.94. The molecule has 0 radical (unpaired) electrons. The molecule has 0 saturated carbocycles. The van der Waals surface area contributed by atoms with Crippen molar-refractivity contribution in [1.29, 1.82) is 0 Å². The molecule has 1 nitrogen and oxygen atoms in total. The molecule has 0 saturated heterocycles. The first-order valence-electron chi connectivity index (χ1n) is 4.92. The van der Waals surface area contributed by atoms with Crippen LogP contribution in [-0.4, -0.2) is 6.04 Å². The van der Waals surface area contributed by atoms with E-state index in [-0.39, 0.29) is 0 Å². The van der Waals surface area contributed by atoms with Gasteiger partial charge >= 0.3 is 0 Å². The van der Waals surface area contributed by atoms with Crippen molar-refractivity contribution < 1.29 is 0 Å². The van der Waals surface area contributed by atoms with Gasteiger partial charge in [-0.1, -0.05) is 23.3 Å². The number of nitrogens with two attached hydrogens (primary N) is 1. The summed E-state index contributed by atoms with van der Waals surface area (Å²) in [5.74, 6) is 0. The van der Waals surface area contributed by atoms with E-state index in [1.165, 1.54) is 10.5 Å². The summed E-state index contributed by atoms with van der Waals surface area (Å²) in [6.07, 6.45) is 6.67. The molecule has 0 fully saturated rings. The van der Waals surface area contributed by atoms with E-state index < -0.39 is 0 Å². The molecule has 1 aliphatic carbocycles. The molecule has 2 rings (SSSR count). The van der Waals surface area contributed by atoms with Gasteiger partial charge in [-0.3, -0.25) is 0 Å². The summed E-state index contributed by atoms with van der Waals surface area (Å²) in [6, 6.07) is 4.46. The van der Waals surface area contributed by atoms with E-state index >= 15 is 0 Å². The molecule has 1 aromatic rings. The number of thiophene rings is 1. The summed E-state index contributed by atoms with van der Waals surface area (Å²) in [6.45, 7) is 0. The van der Waals surface area contributed by atoms with Crippen molar-refractivity contribution in [2.45, 2.75) is 31.7 Å². The van der Waals surface area contributed by atoms with Gasteiger partial charge in [-0.15, -0.1) is 11.3 Å². The standard InChI is InChI=1S/C11H14ClNS/c12-11-6-5-10(14-11)7-8-1-3-9(13)4-2-8/h1,5-6,9H,2-4,7,13H2. The average Bonchev–Trinajstić information content (AvgIpc) is 2.56. The summed E-state index contributed by atoms with van der Waals surface area (Å²) < 4.78 is 0.883.